The molecule has 1 unspecified atom stereocenters. The van der Waals surface area contributed by atoms with Crippen molar-refractivity contribution in [2.24, 2.45) is 0 Å². The Hall–Kier alpha value is -1.83. The first-order valence-corrected chi connectivity index (χ1v) is 7.36. The predicted octanol–water partition coefficient (Wildman–Crippen LogP) is 5.56. The molecule has 0 fully saturated rings. The van der Waals surface area contributed by atoms with Gasteiger partial charge in [0, 0.05) is 5.69 Å². The molecule has 2 rings (SSSR count). The van der Waals surface area contributed by atoms with E-state index in [1.165, 1.54) is 37.0 Å². The molecule has 106 valence electrons. The summed E-state index contributed by atoms with van der Waals surface area (Å²) in [7, 11) is 0. The monoisotopic (exact) mass is 271 g/mol. The standard InChI is InChI=1S/C18H22FN/c1-2-3-5-10-18(15-8-6-4-7-9-15)20-17-13-11-16(19)12-14-17/h4,6-9,11-14,18,20H,2-3,5,10H2,1H3. The first-order chi connectivity index (χ1) is 9.79. The molecule has 0 bridgehead atoms. The molecule has 20 heavy (non-hydrogen) atoms. The molecule has 1 atom stereocenters. The zero-order valence-corrected chi connectivity index (χ0v) is 12.0. The van der Waals surface area contributed by atoms with Gasteiger partial charge in [0.25, 0.3) is 0 Å². The Labute approximate surface area is 120 Å². The molecule has 0 aliphatic rings. The fraction of sp³-hybridized carbons (Fsp3) is 0.333. The summed E-state index contributed by atoms with van der Waals surface area (Å²) >= 11 is 0. The average Bonchev–Trinajstić information content (AvgIpc) is 2.49. The van der Waals surface area contributed by atoms with Crippen LogP contribution < -0.4 is 5.32 Å². The Morgan fingerprint density at radius 1 is 0.950 bits per heavy atom. The molecule has 0 saturated heterocycles. The predicted molar refractivity (Wildman–Crippen MR) is 83.3 cm³/mol. The molecule has 2 heteroatoms. The minimum absolute atomic E-state index is 0.196. The van der Waals surface area contributed by atoms with Crippen LogP contribution in [0.15, 0.2) is 54.6 Å². The highest BCUT2D eigenvalue weighted by Gasteiger charge is 2.10. The van der Waals surface area contributed by atoms with Gasteiger partial charge in [-0.1, -0.05) is 56.5 Å². The number of hydrogen-bond acceptors (Lipinski definition) is 1. The smallest absolute Gasteiger partial charge is 0.123 e. The third kappa shape index (κ3) is 4.37. The van der Waals surface area contributed by atoms with E-state index in [1.54, 1.807) is 12.1 Å². The summed E-state index contributed by atoms with van der Waals surface area (Å²) in [4.78, 5) is 0. The van der Waals surface area contributed by atoms with Crippen LogP contribution in [0.3, 0.4) is 0 Å². The van der Waals surface area contributed by atoms with Crippen molar-refractivity contribution in [2.45, 2.75) is 38.6 Å². The largest absolute Gasteiger partial charge is 0.378 e. The maximum Gasteiger partial charge on any atom is 0.123 e. The second kappa shape index (κ2) is 7.68. The van der Waals surface area contributed by atoms with Crippen LogP contribution in [-0.2, 0) is 0 Å². The second-order valence-corrected chi connectivity index (χ2v) is 5.11. The highest BCUT2D eigenvalue weighted by atomic mass is 19.1. The van der Waals surface area contributed by atoms with Crippen molar-refractivity contribution in [2.75, 3.05) is 5.32 Å². The Morgan fingerprint density at radius 3 is 2.30 bits per heavy atom. The van der Waals surface area contributed by atoms with Crippen LogP contribution in [0.25, 0.3) is 0 Å². The Bertz CT molecular complexity index is 493. The minimum atomic E-state index is -0.196. The van der Waals surface area contributed by atoms with Gasteiger partial charge in [-0.3, -0.25) is 0 Å². The highest BCUT2D eigenvalue weighted by Crippen LogP contribution is 2.25. The summed E-state index contributed by atoms with van der Waals surface area (Å²) in [5.41, 5.74) is 2.25. The number of hydrogen-bond donors (Lipinski definition) is 1. The van der Waals surface area contributed by atoms with Gasteiger partial charge in [0.15, 0.2) is 0 Å². The zero-order valence-electron chi connectivity index (χ0n) is 12.0. The van der Waals surface area contributed by atoms with Crippen molar-refractivity contribution in [3.8, 4) is 0 Å². The zero-order chi connectivity index (χ0) is 14.2. The molecule has 2 aromatic rings. The van der Waals surface area contributed by atoms with Gasteiger partial charge in [0.1, 0.15) is 5.82 Å². The van der Waals surface area contributed by atoms with Crippen LogP contribution >= 0.6 is 0 Å². The van der Waals surface area contributed by atoms with E-state index in [0.29, 0.717) is 0 Å². The molecule has 0 aromatic heterocycles. The van der Waals surface area contributed by atoms with Crippen molar-refractivity contribution in [1.29, 1.82) is 0 Å². The van der Waals surface area contributed by atoms with Crippen LogP contribution in [0.4, 0.5) is 10.1 Å². The molecule has 0 radical (unpaired) electrons. The molecule has 0 aliphatic heterocycles. The number of nitrogens with one attached hydrogen (secondary N) is 1. The van der Waals surface area contributed by atoms with Crippen molar-refractivity contribution < 1.29 is 4.39 Å². The van der Waals surface area contributed by atoms with E-state index in [9.17, 15) is 4.39 Å². The topological polar surface area (TPSA) is 12.0 Å². The van der Waals surface area contributed by atoms with Gasteiger partial charge >= 0.3 is 0 Å². The number of halogens is 1. The molecule has 1 nitrogen and oxygen atoms in total. The Balaban J connectivity index is 2.07. The molecular formula is C18H22FN. The first-order valence-electron chi connectivity index (χ1n) is 7.36. The average molecular weight is 271 g/mol. The third-order valence-electron chi connectivity index (χ3n) is 3.48. The SMILES string of the molecule is CCCCCC(Nc1ccc(F)cc1)c1ccccc1. The van der Waals surface area contributed by atoms with Gasteiger partial charge in [-0.05, 0) is 36.2 Å². The van der Waals surface area contributed by atoms with E-state index in [2.05, 4.69) is 36.5 Å². The molecule has 0 aliphatic carbocycles. The summed E-state index contributed by atoms with van der Waals surface area (Å²) in [6.07, 6.45) is 4.76. The van der Waals surface area contributed by atoms with Crippen LogP contribution in [0.1, 0.15) is 44.2 Å². The van der Waals surface area contributed by atoms with Crippen molar-refractivity contribution in [1.82, 2.24) is 0 Å². The van der Waals surface area contributed by atoms with Crippen molar-refractivity contribution in [3.63, 3.8) is 0 Å². The fourth-order valence-electron chi connectivity index (χ4n) is 2.35. The first kappa shape index (κ1) is 14.6. The summed E-state index contributed by atoms with van der Waals surface area (Å²) in [6, 6.07) is 17.3. The number of rotatable bonds is 7. The van der Waals surface area contributed by atoms with Gasteiger partial charge in [0.2, 0.25) is 0 Å². The lowest BCUT2D eigenvalue weighted by atomic mass is 10.00. The van der Waals surface area contributed by atoms with E-state index in [1.807, 2.05) is 6.07 Å². The van der Waals surface area contributed by atoms with Gasteiger partial charge in [-0.25, -0.2) is 4.39 Å². The molecule has 1 N–H and O–H groups in total. The van der Waals surface area contributed by atoms with Crippen LogP contribution in [0.5, 0.6) is 0 Å². The van der Waals surface area contributed by atoms with E-state index in [-0.39, 0.29) is 11.9 Å². The third-order valence-corrected chi connectivity index (χ3v) is 3.48. The second-order valence-electron chi connectivity index (χ2n) is 5.11. The lowest BCUT2D eigenvalue weighted by Crippen LogP contribution is -2.10. The number of anilines is 1. The van der Waals surface area contributed by atoms with Gasteiger partial charge in [-0.15, -0.1) is 0 Å². The van der Waals surface area contributed by atoms with E-state index in [0.717, 1.165) is 12.1 Å². The summed E-state index contributed by atoms with van der Waals surface area (Å²) < 4.78 is 13.0. The maximum absolute atomic E-state index is 13.0. The lowest BCUT2D eigenvalue weighted by Gasteiger charge is -2.20. The normalized spacial score (nSPS) is 12.1. The van der Waals surface area contributed by atoms with Gasteiger partial charge < -0.3 is 5.32 Å². The van der Waals surface area contributed by atoms with Crippen molar-refractivity contribution in [3.05, 3.63) is 66.0 Å². The molecule has 0 spiro atoms. The van der Waals surface area contributed by atoms with E-state index in [4.69, 9.17) is 0 Å². The molecule has 0 amide bonds. The quantitative estimate of drug-likeness (QED) is 0.650. The van der Waals surface area contributed by atoms with Gasteiger partial charge in [-0.2, -0.15) is 0 Å². The maximum atomic E-state index is 13.0. The Morgan fingerprint density at radius 2 is 1.65 bits per heavy atom. The minimum Gasteiger partial charge on any atom is -0.378 e. The summed E-state index contributed by atoms with van der Waals surface area (Å²) in [6.45, 7) is 2.21. The summed E-state index contributed by atoms with van der Waals surface area (Å²) in [5.74, 6) is -0.196. The number of unbranched alkanes of at least 4 members (excludes halogenated alkanes) is 2. The van der Waals surface area contributed by atoms with Gasteiger partial charge in [0.05, 0.1) is 6.04 Å². The lowest BCUT2D eigenvalue weighted by molar-refractivity contribution is 0.605. The molecular weight excluding hydrogens is 249 g/mol. The van der Waals surface area contributed by atoms with Crippen molar-refractivity contribution >= 4 is 5.69 Å². The molecule has 0 heterocycles. The molecule has 0 saturated carbocycles. The Kier molecular flexibility index (Phi) is 5.60. The van der Waals surface area contributed by atoms with Crippen LogP contribution in [0.2, 0.25) is 0 Å². The fourth-order valence-corrected chi connectivity index (χ4v) is 2.35. The van der Waals surface area contributed by atoms with Crippen LogP contribution in [0, 0.1) is 5.82 Å². The highest BCUT2D eigenvalue weighted by molar-refractivity contribution is 5.45. The summed E-state index contributed by atoms with van der Waals surface area (Å²) in [5, 5.41) is 3.51. The number of benzene rings is 2. The van der Waals surface area contributed by atoms with E-state index < -0.39 is 0 Å². The van der Waals surface area contributed by atoms with E-state index >= 15 is 0 Å². The molecule has 2 aromatic carbocycles. The van der Waals surface area contributed by atoms with Crippen LogP contribution in [-0.4, -0.2) is 0 Å².